The Kier molecular flexibility index (Phi) is 6.74. The number of carbonyl (C=O) groups excluding carboxylic acids is 2. The third kappa shape index (κ3) is 4.48. The van der Waals surface area contributed by atoms with Crippen molar-refractivity contribution < 1.29 is 23.5 Å². The van der Waals surface area contributed by atoms with E-state index in [4.69, 9.17) is 9.47 Å². The number of piperazine rings is 1. The highest BCUT2D eigenvalue weighted by Gasteiger charge is 2.44. The zero-order valence-corrected chi connectivity index (χ0v) is 21.2. The van der Waals surface area contributed by atoms with Gasteiger partial charge in [-0.25, -0.2) is 4.39 Å². The van der Waals surface area contributed by atoms with Crippen LogP contribution in [-0.4, -0.2) is 69.1 Å². The maximum absolute atomic E-state index is 14.2. The van der Waals surface area contributed by atoms with Crippen LogP contribution in [0.4, 0.5) is 10.1 Å². The van der Waals surface area contributed by atoms with Gasteiger partial charge in [0.15, 0.2) is 11.5 Å². The first kappa shape index (κ1) is 24.6. The van der Waals surface area contributed by atoms with E-state index in [2.05, 4.69) is 4.90 Å². The number of halogens is 1. The number of likely N-dealkylation sites (N-methyl/N-ethyl adjacent to an activating group) is 1. The zero-order valence-electron chi connectivity index (χ0n) is 21.2. The predicted octanol–water partition coefficient (Wildman–Crippen LogP) is 4.10. The van der Waals surface area contributed by atoms with Gasteiger partial charge in [-0.2, -0.15) is 0 Å². The molecule has 5 rings (SSSR count). The molecular formula is C29H30FN3O4. The van der Waals surface area contributed by atoms with Gasteiger partial charge in [0.25, 0.3) is 5.91 Å². The summed E-state index contributed by atoms with van der Waals surface area (Å²) in [6.07, 6.45) is 0. The molecule has 0 aromatic heterocycles. The fraction of sp³-hybridized carbons (Fsp3) is 0.310. The number of amides is 2. The highest BCUT2D eigenvalue weighted by atomic mass is 19.1. The number of rotatable bonds is 5. The smallest absolute Gasteiger partial charge is 0.254 e. The molecule has 2 heterocycles. The lowest BCUT2D eigenvalue weighted by Crippen LogP contribution is -2.53. The molecule has 1 fully saturated rings. The van der Waals surface area contributed by atoms with Crippen molar-refractivity contribution in [2.45, 2.75) is 12.0 Å². The van der Waals surface area contributed by atoms with Gasteiger partial charge in [-0.3, -0.25) is 9.59 Å². The number of methoxy groups -OCH3 is 2. The van der Waals surface area contributed by atoms with E-state index >= 15 is 0 Å². The third-order valence-electron chi connectivity index (χ3n) is 7.38. The van der Waals surface area contributed by atoms with Gasteiger partial charge in [-0.1, -0.05) is 24.3 Å². The monoisotopic (exact) mass is 503 g/mol. The van der Waals surface area contributed by atoms with E-state index in [0.717, 1.165) is 16.8 Å². The van der Waals surface area contributed by atoms with E-state index in [9.17, 15) is 14.0 Å². The van der Waals surface area contributed by atoms with Crippen LogP contribution in [0.15, 0.2) is 66.7 Å². The fourth-order valence-corrected chi connectivity index (χ4v) is 5.43. The molecular weight excluding hydrogens is 473 g/mol. The summed E-state index contributed by atoms with van der Waals surface area (Å²) in [5.74, 6) is 0.128. The van der Waals surface area contributed by atoms with E-state index in [1.54, 1.807) is 50.4 Å². The minimum absolute atomic E-state index is 0.0228. The lowest BCUT2D eigenvalue weighted by Gasteiger charge is -2.43. The van der Waals surface area contributed by atoms with E-state index < -0.39 is 12.0 Å². The van der Waals surface area contributed by atoms with Gasteiger partial charge < -0.3 is 24.2 Å². The van der Waals surface area contributed by atoms with Crippen molar-refractivity contribution in [2.75, 3.05) is 52.3 Å². The molecule has 37 heavy (non-hydrogen) atoms. The summed E-state index contributed by atoms with van der Waals surface area (Å²) in [4.78, 5) is 33.2. The van der Waals surface area contributed by atoms with Crippen LogP contribution in [0.2, 0.25) is 0 Å². The number of hydrogen-bond donors (Lipinski definition) is 0. The minimum Gasteiger partial charge on any atom is -0.493 e. The molecule has 0 aliphatic carbocycles. The average Bonchev–Trinajstić information content (AvgIpc) is 2.94. The van der Waals surface area contributed by atoms with Crippen LogP contribution in [-0.2, 0) is 4.79 Å². The average molecular weight is 504 g/mol. The number of fused-ring (bicyclic) bond motifs is 1. The topological polar surface area (TPSA) is 62.3 Å². The molecule has 0 radical (unpaired) electrons. The molecule has 2 amide bonds. The summed E-state index contributed by atoms with van der Waals surface area (Å²) in [5, 5.41) is 0. The van der Waals surface area contributed by atoms with Crippen molar-refractivity contribution in [1.29, 1.82) is 0 Å². The predicted molar refractivity (Wildman–Crippen MR) is 139 cm³/mol. The second-order valence-electron chi connectivity index (χ2n) is 9.33. The Balaban J connectivity index is 1.48. The van der Waals surface area contributed by atoms with Gasteiger partial charge >= 0.3 is 0 Å². The molecule has 1 saturated heterocycles. The maximum Gasteiger partial charge on any atom is 0.254 e. The molecule has 0 bridgehead atoms. The zero-order chi connectivity index (χ0) is 26.1. The summed E-state index contributed by atoms with van der Waals surface area (Å²) in [6.45, 7) is 2.35. The van der Waals surface area contributed by atoms with Gasteiger partial charge in [0.1, 0.15) is 5.82 Å². The normalized spacial score (nSPS) is 19.5. The molecule has 8 heteroatoms. The lowest BCUT2D eigenvalue weighted by atomic mass is 9.79. The van der Waals surface area contributed by atoms with E-state index in [-0.39, 0.29) is 17.6 Å². The van der Waals surface area contributed by atoms with Crippen LogP contribution in [0.25, 0.3) is 0 Å². The van der Waals surface area contributed by atoms with Crippen molar-refractivity contribution in [1.82, 2.24) is 9.80 Å². The molecule has 0 spiro atoms. The van der Waals surface area contributed by atoms with Crippen molar-refractivity contribution in [3.8, 4) is 11.5 Å². The van der Waals surface area contributed by atoms with Gasteiger partial charge in [-0.05, 0) is 53.6 Å². The highest BCUT2D eigenvalue weighted by Crippen LogP contribution is 2.44. The molecule has 192 valence electrons. The second kappa shape index (κ2) is 10.1. The minimum atomic E-state index is -0.575. The molecule has 0 N–H and O–H groups in total. The molecule has 2 aliphatic rings. The Bertz CT molecular complexity index is 1300. The van der Waals surface area contributed by atoms with E-state index in [1.807, 2.05) is 35.2 Å². The standard InChI is InChI=1S/C29H30FN3O4/c1-31-27(19-8-13-24(36-2)25(18-19)37-3)26(22-6-4-5-7-23(22)28(31)34)29(35)33-16-14-32(15-17-33)21-11-9-20(30)10-12-21/h4-13,18,26-27H,14-17H2,1-3H3. The number of benzene rings is 3. The summed E-state index contributed by atoms with van der Waals surface area (Å²) < 4.78 is 24.3. The number of nitrogens with zero attached hydrogens (tertiary/aromatic N) is 3. The summed E-state index contributed by atoms with van der Waals surface area (Å²) in [7, 11) is 4.88. The Labute approximate surface area is 216 Å². The Morgan fingerprint density at radius 1 is 0.892 bits per heavy atom. The number of carbonyl (C=O) groups is 2. The van der Waals surface area contributed by atoms with Crippen molar-refractivity contribution >= 4 is 17.5 Å². The molecule has 0 saturated carbocycles. The summed E-state index contributed by atoms with van der Waals surface area (Å²) in [6, 6.07) is 18.8. The van der Waals surface area contributed by atoms with Crippen LogP contribution >= 0.6 is 0 Å². The number of hydrogen-bond acceptors (Lipinski definition) is 5. The van der Waals surface area contributed by atoms with E-state index in [1.165, 1.54) is 12.1 Å². The molecule has 2 unspecified atom stereocenters. The van der Waals surface area contributed by atoms with Crippen molar-refractivity contribution in [3.63, 3.8) is 0 Å². The Morgan fingerprint density at radius 3 is 2.24 bits per heavy atom. The maximum atomic E-state index is 14.2. The van der Waals surface area contributed by atoms with Crippen LogP contribution in [0.1, 0.15) is 33.4 Å². The molecule has 7 nitrogen and oxygen atoms in total. The third-order valence-corrected chi connectivity index (χ3v) is 7.38. The van der Waals surface area contributed by atoms with Gasteiger partial charge in [0.2, 0.25) is 5.91 Å². The molecule has 3 aromatic carbocycles. The Hall–Kier alpha value is -4.07. The largest absolute Gasteiger partial charge is 0.493 e. The fourth-order valence-electron chi connectivity index (χ4n) is 5.43. The first-order valence-corrected chi connectivity index (χ1v) is 12.3. The first-order chi connectivity index (χ1) is 17.9. The Morgan fingerprint density at radius 2 is 1.57 bits per heavy atom. The SMILES string of the molecule is COc1ccc(C2C(C(=O)N3CCN(c4ccc(F)cc4)CC3)c3ccccc3C(=O)N2C)cc1OC. The lowest BCUT2D eigenvalue weighted by molar-refractivity contribution is -0.134. The van der Waals surface area contributed by atoms with Gasteiger partial charge in [-0.15, -0.1) is 0 Å². The molecule has 2 aliphatic heterocycles. The number of ether oxygens (including phenoxy) is 2. The number of anilines is 1. The van der Waals surface area contributed by atoms with Gasteiger partial charge in [0.05, 0.1) is 26.2 Å². The first-order valence-electron chi connectivity index (χ1n) is 12.3. The second-order valence-corrected chi connectivity index (χ2v) is 9.33. The van der Waals surface area contributed by atoms with Crippen LogP contribution < -0.4 is 14.4 Å². The summed E-state index contributed by atoms with van der Waals surface area (Å²) >= 11 is 0. The highest BCUT2D eigenvalue weighted by molar-refractivity contribution is 6.01. The van der Waals surface area contributed by atoms with Crippen LogP contribution in [0.5, 0.6) is 11.5 Å². The van der Waals surface area contributed by atoms with E-state index in [0.29, 0.717) is 43.2 Å². The van der Waals surface area contributed by atoms with Crippen molar-refractivity contribution in [2.24, 2.45) is 0 Å². The van der Waals surface area contributed by atoms with Crippen LogP contribution in [0, 0.1) is 5.82 Å². The molecule has 2 atom stereocenters. The molecule has 3 aromatic rings. The van der Waals surface area contributed by atoms with Gasteiger partial charge in [0, 0.05) is 44.5 Å². The van der Waals surface area contributed by atoms with Crippen LogP contribution in [0.3, 0.4) is 0 Å². The quantitative estimate of drug-likeness (QED) is 0.525. The summed E-state index contributed by atoms with van der Waals surface area (Å²) in [5.41, 5.74) is 3.01. The van der Waals surface area contributed by atoms with Crippen molar-refractivity contribution in [3.05, 3.63) is 89.2 Å².